The van der Waals surface area contributed by atoms with Gasteiger partial charge in [0.15, 0.2) is 5.69 Å². The van der Waals surface area contributed by atoms with Crippen molar-refractivity contribution in [3.8, 4) is 6.07 Å². The average molecular weight is 456 g/mol. The number of imidazole rings is 1. The molecular weight excluding hydrogens is 426 g/mol. The summed E-state index contributed by atoms with van der Waals surface area (Å²) < 4.78 is 1.53. The molecule has 174 valence electrons. The Kier molecular flexibility index (Phi) is 7.49. The molecule has 1 aliphatic heterocycles. The van der Waals surface area contributed by atoms with Crippen LogP contribution in [0.2, 0.25) is 0 Å². The monoisotopic (exact) mass is 455 g/mol. The molecule has 8 nitrogen and oxygen atoms in total. The maximum atomic E-state index is 9.99. The summed E-state index contributed by atoms with van der Waals surface area (Å²) in [6, 6.07) is 9.89. The molecule has 0 aliphatic carbocycles. The number of aliphatic imine (C=N–C) groups is 1. The maximum Gasteiger partial charge on any atom is 0.236 e. The van der Waals surface area contributed by atoms with Gasteiger partial charge in [-0.1, -0.05) is 52.6 Å². The lowest BCUT2D eigenvalue weighted by atomic mass is 10.0. The number of aliphatic hydroxyl groups excluding tert-OH is 1. The minimum Gasteiger partial charge on any atom is -0.506 e. The first-order chi connectivity index (χ1) is 16.4. The van der Waals surface area contributed by atoms with Crippen molar-refractivity contribution >= 4 is 23.1 Å². The van der Waals surface area contributed by atoms with Crippen LogP contribution in [0.3, 0.4) is 0 Å². The van der Waals surface area contributed by atoms with Gasteiger partial charge in [-0.15, -0.1) is 0 Å². The normalized spacial score (nSPS) is 12.3. The van der Waals surface area contributed by atoms with E-state index in [9.17, 15) is 5.11 Å². The molecule has 3 aromatic rings. The summed E-state index contributed by atoms with van der Waals surface area (Å²) in [4.78, 5) is 13.1. The lowest BCUT2D eigenvalue weighted by Crippen LogP contribution is -2.18. The number of nitrogens with one attached hydrogen (secondary N) is 2. The summed E-state index contributed by atoms with van der Waals surface area (Å²) in [5.74, 6) is 0.986. The van der Waals surface area contributed by atoms with Gasteiger partial charge in [-0.2, -0.15) is 10.2 Å². The third-order valence-electron chi connectivity index (χ3n) is 5.24. The molecule has 1 aromatic carbocycles. The van der Waals surface area contributed by atoms with Gasteiger partial charge in [0.1, 0.15) is 17.7 Å². The van der Waals surface area contributed by atoms with Crippen LogP contribution in [0.5, 0.6) is 0 Å². The van der Waals surface area contributed by atoms with Crippen LogP contribution in [0, 0.1) is 11.3 Å². The van der Waals surface area contributed by atoms with Crippen molar-refractivity contribution in [1.29, 1.82) is 5.26 Å². The summed E-state index contributed by atoms with van der Waals surface area (Å²) in [5.41, 5.74) is 5.94. The van der Waals surface area contributed by atoms with Crippen LogP contribution in [0.25, 0.3) is 17.2 Å². The number of amidine groups is 1. The molecule has 3 N–H and O–H groups in total. The molecule has 2 aromatic heterocycles. The highest BCUT2D eigenvalue weighted by Crippen LogP contribution is 2.20. The number of fused-ring (bicyclic) bond motifs is 1. The van der Waals surface area contributed by atoms with Crippen LogP contribution in [0.4, 0.5) is 0 Å². The Morgan fingerprint density at radius 1 is 1.24 bits per heavy atom. The molecule has 34 heavy (non-hydrogen) atoms. The van der Waals surface area contributed by atoms with Gasteiger partial charge >= 0.3 is 0 Å². The first kappa shape index (κ1) is 24.3. The second-order valence-electron chi connectivity index (χ2n) is 7.44. The number of hydrogen-bond donors (Lipinski definition) is 3. The van der Waals surface area contributed by atoms with E-state index in [2.05, 4.69) is 64.4 Å². The summed E-state index contributed by atoms with van der Waals surface area (Å²) in [6.45, 7) is 18.9. The molecule has 0 unspecified atom stereocenters. The van der Waals surface area contributed by atoms with Crippen molar-refractivity contribution in [2.75, 3.05) is 6.54 Å². The lowest BCUT2D eigenvalue weighted by Gasteiger charge is -2.15. The zero-order valence-corrected chi connectivity index (χ0v) is 19.8. The van der Waals surface area contributed by atoms with Crippen LogP contribution in [0.1, 0.15) is 54.5 Å². The summed E-state index contributed by atoms with van der Waals surface area (Å²) in [6.07, 6.45) is 2.38. The minimum absolute atomic E-state index is 0.150. The van der Waals surface area contributed by atoms with Gasteiger partial charge in [-0.3, -0.25) is 9.39 Å². The van der Waals surface area contributed by atoms with Crippen LogP contribution < -0.4 is 10.6 Å². The molecule has 0 bridgehead atoms. The van der Waals surface area contributed by atoms with Gasteiger partial charge in [0.05, 0.1) is 23.6 Å². The van der Waals surface area contributed by atoms with Crippen molar-refractivity contribution in [3.05, 3.63) is 89.7 Å². The zero-order valence-electron chi connectivity index (χ0n) is 19.8. The minimum atomic E-state index is -0.150. The smallest absolute Gasteiger partial charge is 0.236 e. The van der Waals surface area contributed by atoms with Crippen LogP contribution in [-0.4, -0.2) is 31.9 Å². The average Bonchev–Trinajstić information content (AvgIpc) is 3.48. The molecule has 8 heteroatoms. The highest BCUT2D eigenvalue weighted by molar-refractivity contribution is 6.01. The van der Waals surface area contributed by atoms with Crippen LogP contribution in [0.15, 0.2) is 60.9 Å². The Balaban J connectivity index is 0.00000158. The van der Waals surface area contributed by atoms with Gasteiger partial charge in [-0.05, 0) is 29.7 Å². The number of aryl methyl sites for hydroxylation is 1. The van der Waals surface area contributed by atoms with E-state index in [1.165, 1.54) is 16.2 Å². The third kappa shape index (κ3) is 4.99. The molecular formula is C26H29N7O. The quantitative estimate of drug-likeness (QED) is 0.457. The standard InChI is InChI=1S/C24H23N7O.C2H6/c1-5-17-8-18(23-27-11-14(2)28-23)6-7-19(17)12-26-15(3)21-9-22(16(4)32)31-13-20(10-25)29-24(31)30-21;1-2/h6-9,13,26,32H,2-5,11-12H2,1H3,(H,27,28);1-2H3. The summed E-state index contributed by atoms with van der Waals surface area (Å²) in [7, 11) is 0. The van der Waals surface area contributed by atoms with Gasteiger partial charge in [0, 0.05) is 24.0 Å². The lowest BCUT2D eigenvalue weighted by molar-refractivity contribution is 0.509. The highest BCUT2D eigenvalue weighted by atomic mass is 16.3. The van der Waals surface area contributed by atoms with E-state index in [4.69, 9.17) is 5.26 Å². The molecule has 0 atom stereocenters. The van der Waals surface area contributed by atoms with Crippen LogP contribution in [-0.2, 0) is 13.0 Å². The molecule has 1 aliphatic rings. The number of nitriles is 1. The maximum absolute atomic E-state index is 9.99. The summed E-state index contributed by atoms with van der Waals surface area (Å²) in [5, 5.41) is 25.6. The van der Waals surface area contributed by atoms with E-state index in [0.717, 1.165) is 29.1 Å². The van der Waals surface area contributed by atoms with E-state index in [0.29, 0.717) is 30.2 Å². The SMILES string of the molecule is C=C1CN=C(c2ccc(CNC(=C)c3cc(C(=C)O)n4cc(C#N)nc4n3)c(CC)c2)N1.CC. The zero-order chi connectivity index (χ0) is 24.8. The predicted molar refractivity (Wildman–Crippen MR) is 136 cm³/mol. The number of nitrogens with zero attached hydrogens (tertiary/aromatic N) is 5. The van der Waals surface area contributed by atoms with Crippen LogP contribution >= 0.6 is 0 Å². The number of rotatable bonds is 7. The molecule has 0 spiro atoms. The van der Waals surface area contributed by atoms with Gasteiger partial charge in [0.2, 0.25) is 5.78 Å². The number of hydrogen-bond acceptors (Lipinski definition) is 7. The molecule has 0 fully saturated rings. The first-order valence-electron chi connectivity index (χ1n) is 11.1. The number of aliphatic hydroxyl groups is 1. The Hall–Kier alpha value is -4.38. The fraction of sp³-hybridized carbons (Fsp3) is 0.231. The summed E-state index contributed by atoms with van der Waals surface area (Å²) >= 11 is 0. The van der Waals surface area contributed by atoms with E-state index in [1.54, 1.807) is 6.07 Å². The predicted octanol–water partition coefficient (Wildman–Crippen LogP) is 4.34. The highest BCUT2D eigenvalue weighted by Gasteiger charge is 2.15. The number of benzene rings is 1. The molecule has 0 saturated heterocycles. The van der Waals surface area contributed by atoms with Crippen molar-refractivity contribution < 1.29 is 5.11 Å². The Morgan fingerprint density at radius 2 is 2.00 bits per heavy atom. The van der Waals surface area contributed by atoms with Gasteiger partial charge in [-0.25, -0.2) is 4.98 Å². The van der Waals surface area contributed by atoms with E-state index < -0.39 is 0 Å². The van der Waals surface area contributed by atoms with E-state index in [-0.39, 0.29) is 17.2 Å². The van der Waals surface area contributed by atoms with E-state index in [1.807, 2.05) is 26.0 Å². The van der Waals surface area contributed by atoms with Gasteiger partial charge < -0.3 is 15.7 Å². The molecule has 0 amide bonds. The van der Waals surface area contributed by atoms with Crippen molar-refractivity contribution in [2.45, 2.75) is 33.7 Å². The molecule has 0 saturated carbocycles. The first-order valence-corrected chi connectivity index (χ1v) is 11.1. The topological polar surface area (TPSA) is 111 Å². The fourth-order valence-electron chi connectivity index (χ4n) is 3.55. The Bertz CT molecular complexity index is 1340. The van der Waals surface area contributed by atoms with Crippen molar-refractivity contribution in [2.24, 2.45) is 4.99 Å². The Labute approximate surface area is 199 Å². The Morgan fingerprint density at radius 3 is 2.62 bits per heavy atom. The molecule has 0 radical (unpaired) electrons. The number of aromatic nitrogens is 3. The van der Waals surface area contributed by atoms with E-state index >= 15 is 0 Å². The second-order valence-corrected chi connectivity index (χ2v) is 7.44. The fourth-order valence-corrected chi connectivity index (χ4v) is 3.55. The molecule has 4 rings (SSSR count). The van der Waals surface area contributed by atoms with Gasteiger partial charge in [0.25, 0.3) is 0 Å². The molecule has 3 heterocycles. The van der Waals surface area contributed by atoms with Crippen molar-refractivity contribution in [1.82, 2.24) is 25.0 Å². The third-order valence-corrected chi connectivity index (χ3v) is 5.24. The van der Waals surface area contributed by atoms with Crippen molar-refractivity contribution in [3.63, 3.8) is 0 Å². The second kappa shape index (κ2) is 10.5. The largest absolute Gasteiger partial charge is 0.506 e.